The smallest absolute Gasteiger partial charge is 0.233 e. The van der Waals surface area contributed by atoms with Gasteiger partial charge in [-0.2, -0.15) is 0 Å². The molecule has 0 unspecified atom stereocenters. The average molecular weight is 374 g/mol. The van der Waals surface area contributed by atoms with Gasteiger partial charge in [-0.15, -0.1) is 6.42 Å². The molecule has 0 bridgehead atoms. The Morgan fingerprint density at radius 2 is 2.07 bits per heavy atom. The third-order valence-corrected chi connectivity index (χ3v) is 3.76. The summed E-state index contributed by atoms with van der Waals surface area (Å²) in [5.74, 6) is 2.88. The summed E-state index contributed by atoms with van der Waals surface area (Å²) < 4.78 is 5.15. The van der Waals surface area contributed by atoms with E-state index in [9.17, 15) is 4.79 Å². The molecule has 0 aromatic carbocycles. The summed E-state index contributed by atoms with van der Waals surface area (Å²) in [5.41, 5.74) is 8.40. The van der Waals surface area contributed by atoms with Crippen LogP contribution in [0.25, 0.3) is 0 Å². The molecule has 0 aliphatic heterocycles. The second kappa shape index (κ2) is 9.09. The maximum absolute atomic E-state index is 12.4. The first-order valence-corrected chi connectivity index (χ1v) is 8.45. The van der Waals surface area contributed by atoms with Crippen LogP contribution in [-0.2, 0) is 13.0 Å². The van der Waals surface area contributed by atoms with Crippen LogP contribution < -0.4 is 15.8 Å². The zero-order valence-corrected chi connectivity index (χ0v) is 15.0. The summed E-state index contributed by atoms with van der Waals surface area (Å²) in [6.45, 7) is 0.555. The van der Waals surface area contributed by atoms with Gasteiger partial charge in [0.15, 0.2) is 12.4 Å². The summed E-state index contributed by atoms with van der Waals surface area (Å²) in [6, 6.07) is 7.28. The Bertz CT molecular complexity index is 998. The molecule has 0 atom stereocenters. The summed E-state index contributed by atoms with van der Waals surface area (Å²) in [5, 5.41) is 3.18. The van der Waals surface area contributed by atoms with Crippen molar-refractivity contribution in [1.82, 2.24) is 19.9 Å². The molecule has 0 radical (unpaired) electrons. The minimum Gasteiger partial charge on any atom is -0.463 e. The standard InChI is InChI=1S/C20H18N6O2/c1-2-8-28-19-13-25-17(12-26-19)18(27)10-14-5-7-22-15(9-14)11-24-16-4-3-6-23-20(16)21/h1,3-7,9,12-13,24H,8,10-11H2,(H2,21,23). The topological polar surface area (TPSA) is 116 Å². The normalized spacial score (nSPS) is 10.1. The van der Waals surface area contributed by atoms with Crippen LogP contribution in [0.15, 0.2) is 49.1 Å². The number of hydrogen-bond acceptors (Lipinski definition) is 8. The molecule has 0 saturated heterocycles. The van der Waals surface area contributed by atoms with Crippen molar-refractivity contribution in [2.75, 3.05) is 17.7 Å². The van der Waals surface area contributed by atoms with Crippen LogP contribution in [0.5, 0.6) is 5.88 Å². The highest BCUT2D eigenvalue weighted by molar-refractivity contribution is 5.95. The molecule has 3 aromatic rings. The van der Waals surface area contributed by atoms with Gasteiger partial charge in [0.25, 0.3) is 0 Å². The van der Waals surface area contributed by atoms with Crippen molar-refractivity contribution in [2.45, 2.75) is 13.0 Å². The molecule has 3 aromatic heterocycles. The maximum atomic E-state index is 12.4. The lowest BCUT2D eigenvalue weighted by Crippen LogP contribution is -2.09. The fraction of sp³-hybridized carbons (Fsp3) is 0.150. The Morgan fingerprint density at radius 3 is 2.82 bits per heavy atom. The van der Waals surface area contributed by atoms with Gasteiger partial charge in [-0.3, -0.25) is 9.78 Å². The zero-order valence-electron chi connectivity index (χ0n) is 15.0. The summed E-state index contributed by atoms with van der Waals surface area (Å²) in [6.07, 6.45) is 11.3. The molecule has 3 heterocycles. The first kappa shape index (κ1) is 18.8. The van der Waals surface area contributed by atoms with E-state index >= 15 is 0 Å². The highest BCUT2D eigenvalue weighted by Gasteiger charge is 2.11. The number of carbonyl (C=O) groups is 1. The zero-order chi connectivity index (χ0) is 19.8. The molecule has 8 heteroatoms. The molecule has 3 N–H and O–H groups in total. The van der Waals surface area contributed by atoms with Gasteiger partial charge >= 0.3 is 0 Å². The lowest BCUT2D eigenvalue weighted by molar-refractivity contribution is 0.0987. The molecular formula is C20H18N6O2. The molecule has 0 amide bonds. The molecule has 0 fully saturated rings. The number of terminal acetylenes is 1. The number of nitrogens with two attached hydrogens (primary N) is 1. The van der Waals surface area contributed by atoms with Crippen LogP contribution >= 0.6 is 0 Å². The predicted octanol–water partition coefficient (Wildman–Crippen LogP) is 1.90. The van der Waals surface area contributed by atoms with E-state index < -0.39 is 0 Å². The number of carbonyl (C=O) groups excluding carboxylic acids is 1. The van der Waals surface area contributed by atoms with Crippen molar-refractivity contribution in [3.63, 3.8) is 0 Å². The van der Waals surface area contributed by atoms with Gasteiger partial charge in [0.2, 0.25) is 5.88 Å². The third kappa shape index (κ3) is 5.02. The van der Waals surface area contributed by atoms with E-state index in [2.05, 4.69) is 31.2 Å². The van der Waals surface area contributed by atoms with E-state index in [1.54, 1.807) is 24.5 Å². The van der Waals surface area contributed by atoms with E-state index in [4.69, 9.17) is 16.9 Å². The number of Topliss-reactive ketones (excluding diaryl/α,β-unsaturated/α-hetero) is 1. The van der Waals surface area contributed by atoms with Crippen LogP contribution in [0.2, 0.25) is 0 Å². The van der Waals surface area contributed by atoms with Crippen molar-refractivity contribution in [2.24, 2.45) is 0 Å². The maximum Gasteiger partial charge on any atom is 0.233 e. The Balaban J connectivity index is 1.61. The van der Waals surface area contributed by atoms with Crippen molar-refractivity contribution in [3.8, 4) is 18.2 Å². The van der Waals surface area contributed by atoms with E-state index in [1.165, 1.54) is 12.4 Å². The molecule has 0 saturated carbocycles. The summed E-state index contributed by atoms with van der Waals surface area (Å²) in [4.78, 5) is 28.9. The number of nitrogens with one attached hydrogen (secondary N) is 1. The average Bonchev–Trinajstić information content (AvgIpc) is 2.72. The quantitative estimate of drug-likeness (QED) is 0.454. The number of nitrogens with zero attached hydrogens (tertiary/aromatic N) is 4. The molecule has 0 spiro atoms. The lowest BCUT2D eigenvalue weighted by Gasteiger charge is -2.09. The van der Waals surface area contributed by atoms with Crippen molar-refractivity contribution < 1.29 is 9.53 Å². The number of pyridine rings is 2. The Kier molecular flexibility index (Phi) is 6.10. The predicted molar refractivity (Wildman–Crippen MR) is 105 cm³/mol. The molecule has 28 heavy (non-hydrogen) atoms. The van der Waals surface area contributed by atoms with Gasteiger partial charge < -0.3 is 15.8 Å². The van der Waals surface area contributed by atoms with Crippen LogP contribution in [0.1, 0.15) is 21.7 Å². The number of nitrogen functional groups attached to an aromatic ring is 1. The van der Waals surface area contributed by atoms with E-state index in [-0.39, 0.29) is 30.4 Å². The number of ketones is 1. The van der Waals surface area contributed by atoms with Gasteiger partial charge in [0, 0.05) is 18.8 Å². The van der Waals surface area contributed by atoms with Crippen LogP contribution in [0.3, 0.4) is 0 Å². The van der Waals surface area contributed by atoms with Gasteiger partial charge in [-0.05, 0) is 29.8 Å². The Hall–Kier alpha value is -3.99. The molecule has 0 aliphatic carbocycles. The van der Waals surface area contributed by atoms with Crippen molar-refractivity contribution in [3.05, 3.63) is 66.0 Å². The Labute approximate surface area is 162 Å². The van der Waals surface area contributed by atoms with Crippen LogP contribution in [0.4, 0.5) is 11.5 Å². The minimum absolute atomic E-state index is 0.0977. The molecule has 0 aliphatic rings. The second-order valence-corrected chi connectivity index (χ2v) is 5.78. The monoisotopic (exact) mass is 374 g/mol. The van der Waals surface area contributed by atoms with Gasteiger partial charge in [0.1, 0.15) is 11.5 Å². The number of ether oxygens (including phenoxy) is 1. The number of anilines is 2. The third-order valence-electron chi connectivity index (χ3n) is 3.76. The van der Waals surface area contributed by atoms with Crippen LogP contribution in [-0.4, -0.2) is 32.3 Å². The van der Waals surface area contributed by atoms with Gasteiger partial charge in [0.05, 0.1) is 30.3 Å². The van der Waals surface area contributed by atoms with Gasteiger partial charge in [-0.25, -0.2) is 15.0 Å². The second-order valence-electron chi connectivity index (χ2n) is 5.78. The lowest BCUT2D eigenvalue weighted by atomic mass is 10.1. The first-order chi connectivity index (χ1) is 13.7. The van der Waals surface area contributed by atoms with Gasteiger partial charge in [-0.1, -0.05) is 5.92 Å². The van der Waals surface area contributed by atoms with E-state index in [0.717, 1.165) is 16.9 Å². The summed E-state index contributed by atoms with van der Waals surface area (Å²) in [7, 11) is 0. The SMILES string of the molecule is C#CCOc1cnc(C(=O)Cc2ccnc(CNc3cccnc3N)c2)cn1. The van der Waals surface area contributed by atoms with E-state index in [1.807, 2.05) is 12.1 Å². The van der Waals surface area contributed by atoms with E-state index in [0.29, 0.717) is 12.4 Å². The molecule has 3 rings (SSSR count). The number of hydrogen-bond donors (Lipinski definition) is 2. The molecule has 8 nitrogen and oxygen atoms in total. The molecule has 140 valence electrons. The number of aromatic nitrogens is 4. The molecular weight excluding hydrogens is 356 g/mol. The first-order valence-electron chi connectivity index (χ1n) is 8.45. The highest BCUT2D eigenvalue weighted by Crippen LogP contribution is 2.15. The fourth-order valence-corrected chi connectivity index (χ4v) is 2.41. The van der Waals surface area contributed by atoms with Crippen molar-refractivity contribution >= 4 is 17.3 Å². The Morgan fingerprint density at radius 1 is 1.18 bits per heavy atom. The van der Waals surface area contributed by atoms with Crippen molar-refractivity contribution in [1.29, 1.82) is 0 Å². The fourth-order valence-electron chi connectivity index (χ4n) is 2.41. The minimum atomic E-state index is -0.155. The summed E-state index contributed by atoms with van der Waals surface area (Å²) >= 11 is 0. The van der Waals surface area contributed by atoms with Crippen LogP contribution in [0, 0.1) is 12.3 Å². The largest absolute Gasteiger partial charge is 0.463 e. The highest BCUT2D eigenvalue weighted by atomic mass is 16.5. The number of rotatable bonds is 8.